The topological polar surface area (TPSA) is 81.9 Å². The quantitative estimate of drug-likeness (QED) is 0.467. The van der Waals surface area contributed by atoms with Crippen LogP contribution >= 0.6 is 11.6 Å². The molecule has 0 atom stereocenters. The Kier molecular flexibility index (Phi) is 7.92. The largest absolute Gasteiger partial charge is 0.493 e. The Morgan fingerprint density at radius 1 is 1.00 bits per heavy atom. The smallest absolute Gasteiger partial charge is 0.161 e. The van der Waals surface area contributed by atoms with Crippen LogP contribution in [0.2, 0.25) is 5.02 Å². The van der Waals surface area contributed by atoms with Crippen LogP contribution in [-0.4, -0.2) is 63.8 Å². The molecule has 1 fully saturated rings. The zero-order valence-corrected chi connectivity index (χ0v) is 20.4. The van der Waals surface area contributed by atoms with Gasteiger partial charge in [-0.2, -0.15) is 0 Å². The van der Waals surface area contributed by atoms with E-state index >= 15 is 0 Å². The van der Waals surface area contributed by atoms with Crippen molar-refractivity contribution in [3.63, 3.8) is 0 Å². The van der Waals surface area contributed by atoms with Crippen LogP contribution in [0.1, 0.15) is 24.0 Å². The lowest BCUT2D eigenvalue weighted by Gasteiger charge is -2.38. The summed E-state index contributed by atoms with van der Waals surface area (Å²) in [5.74, 6) is 2.03. The van der Waals surface area contributed by atoms with Crippen molar-refractivity contribution >= 4 is 11.6 Å². The molecule has 0 radical (unpaired) electrons. The number of halogens is 1. The Hall–Kier alpha value is -2.81. The molecule has 1 aliphatic heterocycles. The van der Waals surface area contributed by atoms with Crippen LogP contribution in [0.3, 0.4) is 0 Å². The van der Waals surface area contributed by atoms with Crippen molar-refractivity contribution in [3.8, 4) is 17.2 Å². The van der Waals surface area contributed by atoms with E-state index in [0.29, 0.717) is 48.3 Å². The lowest BCUT2D eigenvalue weighted by molar-refractivity contribution is -0.0537. The first-order valence-corrected chi connectivity index (χ1v) is 11.8. The summed E-state index contributed by atoms with van der Waals surface area (Å²) >= 11 is 6.22. The third kappa shape index (κ3) is 6.40. The minimum absolute atomic E-state index is 0.233. The second-order valence-corrected chi connectivity index (χ2v) is 9.16. The zero-order chi connectivity index (χ0) is 24.0. The normalized spacial score (nSPS) is 15.8. The summed E-state index contributed by atoms with van der Waals surface area (Å²) in [6, 6.07) is 11.7. The number of ether oxygens (including phenoxy) is 3. The maximum Gasteiger partial charge on any atom is 0.161 e. The van der Waals surface area contributed by atoms with E-state index in [1.807, 2.05) is 41.8 Å². The number of aliphatic hydroxyl groups is 1. The van der Waals surface area contributed by atoms with Crippen molar-refractivity contribution in [1.82, 2.24) is 19.7 Å². The van der Waals surface area contributed by atoms with Crippen LogP contribution in [0.25, 0.3) is 0 Å². The lowest BCUT2D eigenvalue weighted by Crippen LogP contribution is -2.47. The minimum atomic E-state index is -0.861. The first kappa shape index (κ1) is 24.3. The fourth-order valence-corrected chi connectivity index (χ4v) is 4.17. The van der Waals surface area contributed by atoms with E-state index in [1.54, 1.807) is 19.8 Å². The molecule has 0 unspecified atom stereocenters. The Morgan fingerprint density at radius 3 is 2.50 bits per heavy atom. The summed E-state index contributed by atoms with van der Waals surface area (Å²) in [5.41, 5.74) is 1.34. The summed E-state index contributed by atoms with van der Waals surface area (Å²) in [6.07, 6.45) is 4.59. The van der Waals surface area contributed by atoms with Gasteiger partial charge in [0.25, 0.3) is 0 Å². The third-order valence-electron chi connectivity index (χ3n) is 6.08. The van der Waals surface area contributed by atoms with Gasteiger partial charge in [-0.15, -0.1) is 10.2 Å². The highest BCUT2D eigenvalue weighted by atomic mass is 35.5. The van der Waals surface area contributed by atoms with Gasteiger partial charge in [-0.05, 0) is 55.2 Å². The van der Waals surface area contributed by atoms with Crippen LogP contribution in [0.5, 0.6) is 17.2 Å². The van der Waals surface area contributed by atoms with Gasteiger partial charge >= 0.3 is 0 Å². The van der Waals surface area contributed by atoms with Crippen molar-refractivity contribution in [2.75, 3.05) is 33.4 Å². The number of rotatable bonds is 10. The van der Waals surface area contributed by atoms with Gasteiger partial charge in [0.2, 0.25) is 0 Å². The zero-order valence-electron chi connectivity index (χ0n) is 19.6. The first-order chi connectivity index (χ1) is 16.4. The van der Waals surface area contributed by atoms with Crippen molar-refractivity contribution in [1.29, 1.82) is 0 Å². The van der Waals surface area contributed by atoms with E-state index in [1.165, 1.54) is 0 Å². The molecule has 0 amide bonds. The van der Waals surface area contributed by atoms with Crippen LogP contribution < -0.4 is 14.2 Å². The molecule has 0 spiro atoms. The fraction of sp³-hybridized carbons (Fsp3) is 0.440. The average Bonchev–Trinajstić information content (AvgIpc) is 3.35. The summed E-state index contributed by atoms with van der Waals surface area (Å²) in [7, 11) is 1.64. The Bertz CT molecular complexity index is 1070. The highest BCUT2D eigenvalue weighted by Crippen LogP contribution is 2.31. The average molecular weight is 487 g/mol. The number of methoxy groups -OCH3 is 1. The minimum Gasteiger partial charge on any atom is -0.493 e. The third-order valence-corrected chi connectivity index (χ3v) is 6.39. The van der Waals surface area contributed by atoms with Crippen molar-refractivity contribution in [2.24, 2.45) is 0 Å². The molecule has 1 N–H and O–H groups in total. The molecule has 3 aromatic rings. The SMILES string of the molecule is COc1ccc(CN2CCC(O)(COc3cc(C)ccc3Cl)CC2)cc1OCCn1cnnc1. The molecular weight excluding hydrogens is 456 g/mol. The predicted octanol–water partition coefficient (Wildman–Crippen LogP) is 3.73. The van der Waals surface area contributed by atoms with Gasteiger partial charge in [0.15, 0.2) is 11.5 Å². The number of benzene rings is 2. The number of piperidine rings is 1. The molecule has 1 saturated heterocycles. The Labute approximate surface area is 205 Å². The highest BCUT2D eigenvalue weighted by molar-refractivity contribution is 6.32. The predicted molar refractivity (Wildman–Crippen MR) is 130 cm³/mol. The summed E-state index contributed by atoms with van der Waals surface area (Å²) in [4.78, 5) is 2.33. The standard InChI is InChI=1S/C25H31ClN4O4/c1-19-3-5-21(26)23(13-19)34-16-25(31)7-9-29(10-8-25)15-20-4-6-22(32-2)24(14-20)33-12-11-30-17-27-28-18-30/h3-6,13-14,17-18,31H,7-12,15-16H2,1-2H3. The monoisotopic (exact) mass is 486 g/mol. The van der Waals surface area contributed by atoms with Gasteiger partial charge in [-0.3, -0.25) is 4.90 Å². The number of hydrogen-bond acceptors (Lipinski definition) is 7. The summed E-state index contributed by atoms with van der Waals surface area (Å²) in [6.45, 7) is 5.68. The number of aryl methyl sites for hydroxylation is 1. The number of hydrogen-bond donors (Lipinski definition) is 1. The molecule has 1 aliphatic rings. The molecular formula is C25H31ClN4O4. The molecule has 1 aromatic heterocycles. The van der Waals surface area contributed by atoms with E-state index in [2.05, 4.69) is 21.2 Å². The van der Waals surface area contributed by atoms with E-state index < -0.39 is 5.60 Å². The maximum atomic E-state index is 11.0. The Morgan fingerprint density at radius 2 is 1.76 bits per heavy atom. The molecule has 8 nitrogen and oxygen atoms in total. The first-order valence-electron chi connectivity index (χ1n) is 11.4. The number of nitrogens with zero attached hydrogens (tertiary/aromatic N) is 4. The second-order valence-electron chi connectivity index (χ2n) is 8.76. The van der Waals surface area contributed by atoms with Crippen molar-refractivity contribution in [2.45, 2.75) is 38.5 Å². The van der Waals surface area contributed by atoms with E-state index in [0.717, 1.165) is 30.8 Å². The van der Waals surface area contributed by atoms with Crippen molar-refractivity contribution < 1.29 is 19.3 Å². The van der Waals surface area contributed by atoms with Crippen LogP contribution in [0.4, 0.5) is 0 Å². The molecule has 0 saturated carbocycles. The summed E-state index contributed by atoms with van der Waals surface area (Å²) in [5, 5.41) is 19.2. The second kappa shape index (κ2) is 11.1. The number of likely N-dealkylation sites (tertiary alicyclic amines) is 1. The molecule has 2 heterocycles. The van der Waals surface area contributed by atoms with Gasteiger partial charge in [-0.25, -0.2) is 0 Å². The van der Waals surface area contributed by atoms with Crippen LogP contribution in [0, 0.1) is 6.92 Å². The van der Waals surface area contributed by atoms with Gasteiger partial charge in [-0.1, -0.05) is 23.7 Å². The van der Waals surface area contributed by atoms with E-state index in [9.17, 15) is 5.11 Å². The van der Waals surface area contributed by atoms with E-state index in [-0.39, 0.29) is 6.61 Å². The lowest BCUT2D eigenvalue weighted by atomic mass is 9.92. The highest BCUT2D eigenvalue weighted by Gasteiger charge is 2.33. The fourth-order valence-electron chi connectivity index (χ4n) is 3.99. The molecule has 0 bridgehead atoms. The van der Waals surface area contributed by atoms with Crippen LogP contribution in [0.15, 0.2) is 49.1 Å². The number of aromatic nitrogens is 3. The Balaban J connectivity index is 1.29. The molecule has 34 heavy (non-hydrogen) atoms. The van der Waals surface area contributed by atoms with Crippen molar-refractivity contribution in [3.05, 3.63) is 65.2 Å². The molecule has 182 valence electrons. The van der Waals surface area contributed by atoms with Gasteiger partial charge in [0, 0.05) is 19.6 Å². The summed E-state index contributed by atoms with van der Waals surface area (Å²) < 4.78 is 19.2. The maximum absolute atomic E-state index is 11.0. The molecule has 2 aromatic carbocycles. The van der Waals surface area contributed by atoms with Crippen LogP contribution in [-0.2, 0) is 13.1 Å². The molecule has 0 aliphatic carbocycles. The van der Waals surface area contributed by atoms with E-state index in [4.69, 9.17) is 25.8 Å². The molecule has 4 rings (SSSR count). The van der Waals surface area contributed by atoms with Gasteiger partial charge < -0.3 is 23.9 Å². The van der Waals surface area contributed by atoms with Gasteiger partial charge in [0.05, 0.1) is 18.7 Å². The molecule has 9 heteroatoms. The van der Waals surface area contributed by atoms with Gasteiger partial charge in [0.1, 0.15) is 37.2 Å².